The number of aliphatic hydroxyl groups is 1. The van der Waals surface area contributed by atoms with Crippen LogP contribution in [0.1, 0.15) is 48.9 Å². The van der Waals surface area contributed by atoms with Gasteiger partial charge in [-0.05, 0) is 71.1 Å². The maximum absolute atomic E-state index is 9.64. The zero-order valence-electron chi connectivity index (χ0n) is 13.7. The van der Waals surface area contributed by atoms with Crippen molar-refractivity contribution in [1.82, 2.24) is 4.90 Å². The number of rotatable bonds is 5. The van der Waals surface area contributed by atoms with Crippen LogP contribution in [0.2, 0.25) is 0 Å². The Morgan fingerprint density at radius 1 is 1.19 bits per heavy atom. The molecule has 0 saturated carbocycles. The predicted octanol–water partition coefficient (Wildman–Crippen LogP) is 2.79. The van der Waals surface area contributed by atoms with Crippen molar-refractivity contribution in [3.05, 3.63) is 34.9 Å². The first kappa shape index (κ1) is 16.5. The van der Waals surface area contributed by atoms with Gasteiger partial charge in [-0.15, -0.1) is 0 Å². The van der Waals surface area contributed by atoms with E-state index in [2.05, 4.69) is 36.9 Å². The Labute approximate surface area is 129 Å². The molecule has 0 amide bonds. The summed E-state index contributed by atoms with van der Waals surface area (Å²) < 4.78 is 0. The number of aryl methyl sites for hydroxylation is 2. The van der Waals surface area contributed by atoms with E-state index in [9.17, 15) is 5.11 Å². The van der Waals surface area contributed by atoms with Gasteiger partial charge in [-0.3, -0.25) is 0 Å². The number of hydrogen-bond acceptors (Lipinski definition) is 3. The topological polar surface area (TPSA) is 49.5 Å². The lowest BCUT2D eigenvalue weighted by Gasteiger charge is -2.33. The molecule has 1 fully saturated rings. The lowest BCUT2D eigenvalue weighted by molar-refractivity contribution is 0.0709. The third-order valence-electron chi connectivity index (χ3n) is 4.74. The molecule has 3 nitrogen and oxygen atoms in total. The first-order valence-corrected chi connectivity index (χ1v) is 8.20. The van der Waals surface area contributed by atoms with Crippen LogP contribution < -0.4 is 5.73 Å². The average Bonchev–Trinajstić information content (AvgIpc) is 2.44. The Morgan fingerprint density at radius 2 is 1.76 bits per heavy atom. The van der Waals surface area contributed by atoms with Gasteiger partial charge in [0.1, 0.15) is 0 Å². The minimum atomic E-state index is -0.162. The van der Waals surface area contributed by atoms with Crippen molar-refractivity contribution in [3.63, 3.8) is 0 Å². The lowest BCUT2D eigenvalue weighted by Crippen LogP contribution is -2.38. The van der Waals surface area contributed by atoms with E-state index in [1.807, 2.05) is 6.92 Å². The SMILES string of the molecule is Cc1cc(C)cc(C(N)CCN2CCC(C(C)O)CC2)c1. The van der Waals surface area contributed by atoms with Gasteiger partial charge in [0.15, 0.2) is 0 Å². The first-order valence-electron chi connectivity index (χ1n) is 8.20. The van der Waals surface area contributed by atoms with E-state index >= 15 is 0 Å². The van der Waals surface area contributed by atoms with Crippen LogP contribution >= 0.6 is 0 Å². The summed E-state index contributed by atoms with van der Waals surface area (Å²) in [6, 6.07) is 6.73. The second kappa shape index (κ2) is 7.39. The molecule has 1 heterocycles. The van der Waals surface area contributed by atoms with Gasteiger partial charge >= 0.3 is 0 Å². The van der Waals surface area contributed by atoms with E-state index < -0.39 is 0 Å². The maximum Gasteiger partial charge on any atom is 0.0541 e. The summed E-state index contributed by atoms with van der Waals surface area (Å²) in [5, 5.41) is 9.64. The molecular weight excluding hydrogens is 260 g/mol. The van der Waals surface area contributed by atoms with Crippen LogP contribution in [0.3, 0.4) is 0 Å². The number of likely N-dealkylation sites (tertiary alicyclic amines) is 1. The summed E-state index contributed by atoms with van der Waals surface area (Å²) in [6.07, 6.45) is 3.06. The summed E-state index contributed by atoms with van der Waals surface area (Å²) >= 11 is 0. The average molecular weight is 290 g/mol. The third kappa shape index (κ3) is 4.80. The highest BCUT2D eigenvalue weighted by atomic mass is 16.3. The summed E-state index contributed by atoms with van der Waals surface area (Å²) in [4.78, 5) is 2.49. The molecule has 1 aliphatic rings. The highest BCUT2D eigenvalue weighted by Gasteiger charge is 2.22. The zero-order chi connectivity index (χ0) is 15.4. The van der Waals surface area contributed by atoms with E-state index in [0.717, 1.165) is 38.9 Å². The van der Waals surface area contributed by atoms with E-state index in [1.165, 1.54) is 16.7 Å². The summed E-state index contributed by atoms with van der Waals surface area (Å²) in [7, 11) is 0. The van der Waals surface area contributed by atoms with E-state index in [1.54, 1.807) is 0 Å². The van der Waals surface area contributed by atoms with Gasteiger partial charge in [0.25, 0.3) is 0 Å². The fourth-order valence-corrected chi connectivity index (χ4v) is 3.37. The zero-order valence-corrected chi connectivity index (χ0v) is 13.7. The number of aliphatic hydroxyl groups excluding tert-OH is 1. The van der Waals surface area contributed by atoms with E-state index in [-0.39, 0.29) is 12.1 Å². The van der Waals surface area contributed by atoms with Crippen LogP contribution in [0.4, 0.5) is 0 Å². The molecule has 2 rings (SSSR count). The van der Waals surface area contributed by atoms with Crippen molar-refractivity contribution in [2.45, 2.75) is 52.2 Å². The Morgan fingerprint density at radius 3 is 2.29 bits per heavy atom. The Bertz CT molecular complexity index is 430. The quantitative estimate of drug-likeness (QED) is 0.876. The molecule has 1 saturated heterocycles. The normalized spacial score (nSPS) is 20.4. The largest absolute Gasteiger partial charge is 0.393 e. The van der Waals surface area contributed by atoms with E-state index in [4.69, 9.17) is 5.73 Å². The lowest BCUT2D eigenvalue weighted by atomic mass is 9.92. The monoisotopic (exact) mass is 290 g/mol. The van der Waals surface area contributed by atoms with Crippen molar-refractivity contribution >= 4 is 0 Å². The maximum atomic E-state index is 9.64. The van der Waals surface area contributed by atoms with Gasteiger partial charge in [-0.25, -0.2) is 0 Å². The van der Waals surface area contributed by atoms with Gasteiger partial charge in [0, 0.05) is 6.04 Å². The predicted molar refractivity (Wildman–Crippen MR) is 88.3 cm³/mol. The van der Waals surface area contributed by atoms with Crippen LogP contribution in [0, 0.1) is 19.8 Å². The molecule has 21 heavy (non-hydrogen) atoms. The van der Waals surface area contributed by atoms with Crippen LogP contribution in [0.15, 0.2) is 18.2 Å². The minimum Gasteiger partial charge on any atom is -0.393 e. The Balaban J connectivity index is 1.80. The van der Waals surface area contributed by atoms with Gasteiger partial charge < -0.3 is 15.7 Å². The van der Waals surface area contributed by atoms with Crippen LogP contribution in [-0.4, -0.2) is 35.7 Å². The van der Waals surface area contributed by atoms with Crippen LogP contribution in [0.25, 0.3) is 0 Å². The number of benzene rings is 1. The molecule has 0 aromatic heterocycles. The van der Waals surface area contributed by atoms with Crippen molar-refractivity contribution in [2.24, 2.45) is 11.7 Å². The molecular formula is C18H30N2O. The second-order valence-electron chi connectivity index (χ2n) is 6.74. The molecule has 1 aromatic rings. The number of hydrogen-bond donors (Lipinski definition) is 2. The van der Waals surface area contributed by atoms with Crippen LogP contribution in [-0.2, 0) is 0 Å². The molecule has 0 aliphatic carbocycles. The first-order chi connectivity index (χ1) is 9.95. The molecule has 3 N–H and O–H groups in total. The molecule has 0 radical (unpaired) electrons. The number of nitrogens with two attached hydrogens (primary N) is 1. The van der Waals surface area contributed by atoms with Crippen molar-refractivity contribution in [1.29, 1.82) is 0 Å². The minimum absolute atomic E-state index is 0.123. The van der Waals surface area contributed by atoms with Crippen molar-refractivity contribution in [3.8, 4) is 0 Å². The van der Waals surface area contributed by atoms with Crippen molar-refractivity contribution < 1.29 is 5.11 Å². The molecule has 1 aliphatic heterocycles. The fraction of sp³-hybridized carbons (Fsp3) is 0.667. The van der Waals surface area contributed by atoms with Gasteiger partial charge in [-0.2, -0.15) is 0 Å². The molecule has 2 unspecified atom stereocenters. The molecule has 2 atom stereocenters. The standard InChI is InChI=1S/C18H30N2O/c1-13-10-14(2)12-17(11-13)18(19)6-9-20-7-4-16(5-8-20)15(3)21/h10-12,15-16,18,21H,4-9,19H2,1-3H3. The van der Waals surface area contributed by atoms with Gasteiger partial charge in [0.2, 0.25) is 0 Å². The molecule has 3 heteroatoms. The summed E-state index contributed by atoms with van der Waals surface area (Å²) in [6.45, 7) is 9.41. The highest BCUT2D eigenvalue weighted by Crippen LogP contribution is 2.22. The van der Waals surface area contributed by atoms with Gasteiger partial charge in [0.05, 0.1) is 6.10 Å². The second-order valence-corrected chi connectivity index (χ2v) is 6.74. The number of nitrogens with zero attached hydrogens (tertiary/aromatic N) is 1. The van der Waals surface area contributed by atoms with Gasteiger partial charge in [-0.1, -0.05) is 29.3 Å². The molecule has 0 spiro atoms. The summed E-state index contributed by atoms with van der Waals surface area (Å²) in [5.74, 6) is 0.481. The molecule has 118 valence electrons. The molecule has 1 aromatic carbocycles. The Hall–Kier alpha value is -0.900. The fourth-order valence-electron chi connectivity index (χ4n) is 3.37. The Kier molecular flexibility index (Phi) is 5.80. The molecule has 0 bridgehead atoms. The summed E-state index contributed by atoms with van der Waals surface area (Å²) in [5.41, 5.74) is 10.2. The highest BCUT2D eigenvalue weighted by molar-refractivity contribution is 5.30. The van der Waals surface area contributed by atoms with Crippen molar-refractivity contribution in [2.75, 3.05) is 19.6 Å². The number of piperidine rings is 1. The third-order valence-corrected chi connectivity index (χ3v) is 4.74. The van der Waals surface area contributed by atoms with Crippen LogP contribution in [0.5, 0.6) is 0 Å². The smallest absolute Gasteiger partial charge is 0.0541 e. The van der Waals surface area contributed by atoms with E-state index in [0.29, 0.717) is 5.92 Å².